The maximum atomic E-state index is 12.1. The smallest absolute Gasteiger partial charge is 0.305 e. The number of aliphatic carboxylic acids is 1. The standard InChI is InChI=1S/C15H21NO5/c1-15(2,3)8-9(6-13(19)20)16-14(21)11-7-10(17)4-5-12(11)18/h4-5,7,9,17-18H,6,8H2,1-3H3,(H,16,21)(H,19,20). The van der Waals surface area contributed by atoms with Crippen LogP contribution >= 0.6 is 0 Å². The molecule has 6 heteroatoms. The molecule has 0 aromatic heterocycles. The number of aromatic hydroxyl groups is 2. The van der Waals surface area contributed by atoms with Crippen molar-refractivity contribution in [3.05, 3.63) is 23.8 Å². The first-order valence-corrected chi connectivity index (χ1v) is 6.63. The molecule has 21 heavy (non-hydrogen) atoms. The van der Waals surface area contributed by atoms with E-state index in [1.165, 1.54) is 12.1 Å². The number of carbonyl (C=O) groups excluding carboxylic acids is 1. The average Bonchev–Trinajstić information content (AvgIpc) is 2.28. The van der Waals surface area contributed by atoms with Crippen molar-refractivity contribution >= 4 is 11.9 Å². The lowest BCUT2D eigenvalue weighted by Gasteiger charge is -2.26. The summed E-state index contributed by atoms with van der Waals surface area (Å²) in [5.74, 6) is -2.04. The molecule has 1 unspecified atom stereocenters. The molecular weight excluding hydrogens is 274 g/mol. The Balaban J connectivity index is 2.89. The maximum Gasteiger partial charge on any atom is 0.305 e. The van der Waals surface area contributed by atoms with E-state index in [0.29, 0.717) is 6.42 Å². The third-order valence-electron chi connectivity index (χ3n) is 2.84. The van der Waals surface area contributed by atoms with Crippen LogP contribution in [-0.2, 0) is 4.79 Å². The summed E-state index contributed by atoms with van der Waals surface area (Å²) in [5, 5.41) is 30.5. The number of hydrogen-bond donors (Lipinski definition) is 4. The fraction of sp³-hybridized carbons (Fsp3) is 0.467. The normalized spacial score (nSPS) is 12.7. The molecule has 0 saturated carbocycles. The van der Waals surface area contributed by atoms with Gasteiger partial charge in [-0.2, -0.15) is 0 Å². The summed E-state index contributed by atoms with van der Waals surface area (Å²) in [6, 6.07) is 3.05. The first-order chi connectivity index (χ1) is 9.58. The molecule has 0 fully saturated rings. The van der Waals surface area contributed by atoms with Gasteiger partial charge in [0.1, 0.15) is 11.5 Å². The lowest BCUT2D eigenvalue weighted by Crippen LogP contribution is -2.39. The third kappa shape index (κ3) is 5.72. The predicted octanol–water partition coefficient (Wildman–Crippen LogP) is 2.11. The summed E-state index contributed by atoms with van der Waals surface area (Å²) >= 11 is 0. The first kappa shape index (κ1) is 16.8. The monoisotopic (exact) mass is 295 g/mol. The van der Waals surface area contributed by atoms with E-state index < -0.39 is 17.9 Å². The van der Waals surface area contributed by atoms with E-state index in [1.54, 1.807) is 0 Å². The molecule has 6 nitrogen and oxygen atoms in total. The summed E-state index contributed by atoms with van der Waals surface area (Å²) < 4.78 is 0. The molecule has 0 bridgehead atoms. The highest BCUT2D eigenvalue weighted by atomic mass is 16.4. The van der Waals surface area contributed by atoms with E-state index >= 15 is 0 Å². The van der Waals surface area contributed by atoms with Crippen LogP contribution in [-0.4, -0.2) is 33.2 Å². The number of benzene rings is 1. The zero-order valence-corrected chi connectivity index (χ0v) is 12.4. The van der Waals surface area contributed by atoms with Crippen LogP contribution in [0.5, 0.6) is 11.5 Å². The number of carbonyl (C=O) groups is 2. The van der Waals surface area contributed by atoms with Gasteiger partial charge in [-0.15, -0.1) is 0 Å². The Hall–Kier alpha value is -2.24. The van der Waals surface area contributed by atoms with Crippen LogP contribution in [0.2, 0.25) is 0 Å². The van der Waals surface area contributed by atoms with Gasteiger partial charge in [-0.25, -0.2) is 0 Å². The molecule has 0 aliphatic heterocycles. The number of nitrogens with one attached hydrogen (secondary N) is 1. The fourth-order valence-corrected chi connectivity index (χ4v) is 2.09. The Bertz CT molecular complexity index is 533. The molecule has 4 N–H and O–H groups in total. The number of carboxylic acid groups (broad SMARTS) is 1. The van der Waals surface area contributed by atoms with Crippen molar-refractivity contribution in [1.82, 2.24) is 5.32 Å². The van der Waals surface area contributed by atoms with Gasteiger partial charge in [-0.1, -0.05) is 20.8 Å². The van der Waals surface area contributed by atoms with Crippen molar-refractivity contribution in [3.8, 4) is 11.5 Å². The van der Waals surface area contributed by atoms with Crippen molar-refractivity contribution in [2.75, 3.05) is 0 Å². The SMILES string of the molecule is CC(C)(C)CC(CC(=O)O)NC(=O)c1cc(O)ccc1O. The fourth-order valence-electron chi connectivity index (χ4n) is 2.09. The summed E-state index contributed by atoms with van der Waals surface area (Å²) in [6.45, 7) is 5.83. The first-order valence-electron chi connectivity index (χ1n) is 6.63. The molecule has 1 atom stereocenters. The Morgan fingerprint density at radius 1 is 1.24 bits per heavy atom. The Morgan fingerprint density at radius 2 is 1.86 bits per heavy atom. The van der Waals surface area contributed by atoms with Gasteiger partial charge in [0.2, 0.25) is 0 Å². The third-order valence-corrected chi connectivity index (χ3v) is 2.84. The molecule has 0 spiro atoms. The molecule has 1 rings (SSSR count). The molecule has 1 aromatic carbocycles. The van der Waals surface area contributed by atoms with Crippen LogP contribution < -0.4 is 5.32 Å². The lowest BCUT2D eigenvalue weighted by atomic mass is 9.87. The molecule has 116 valence electrons. The van der Waals surface area contributed by atoms with Gasteiger partial charge in [0.25, 0.3) is 5.91 Å². The van der Waals surface area contributed by atoms with Crippen LogP contribution in [0.25, 0.3) is 0 Å². The molecule has 0 radical (unpaired) electrons. The van der Waals surface area contributed by atoms with Crippen LogP contribution in [0, 0.1) is 5.41 Å². The second-order valence-electron chi connectivity index (χ2n) is 6.23. The number of rotatable bonds is 5. The highest BCUT2D eigenvalue weighted by Gasteiger charge is 2.24. The molecule has 0 heterocycles. The summed E-state index contributed by atoms with van der Waals surface area (Å²) in [6.07, 6.45) is 0.271. The van der Waals surface area contributed by atoms with E-state index in [1.807, 2.05) is 20.8 Å². The Labute approximate surface area is 123 Å². The van der Waals surface area contributed by atoms with E-state index in [2.05, 4.69) is 5.32 Å². The number of amides is 1. The Kier molecular flexibility index (Phi) is 5.18. The highest BCUT2D eigenvalue weighted by molar-refractivity contribution is 5.97. The van der Waals surface area contributed by atoms with Crippen LogP contribution in [0.4, 0.5) is 0 Å². The largest absolute Gasteiger partial charge is 0.508 e. The predicted molar refractivity (Wildman–Crippen MR) is 77.4 cm³/mol. The average molecular weight is 295 g/mol. The molecular formula is C15H21NO5. The summed E-state index contributed by atoms with van der Waals surface area (Å²) in [7, 11) is 0. The summed E-state index contributed by atoms with van der Waals surface area (Å²) in [4.78, 5) is 23.0. The van der Waals surface area contributed by atoms with Gasteiger partial charge in [-0.3, -0.25) is 9.59 Å². The van der Waals surface area contributed by atoms with Gasteiger partial charge in [0.15, 0.2) is 0 Å². The molecule has 1 amide bonds. The minimum absolute atomic E-state index is 0.0840. The van der Waals surface area contributed by atoms with E-state index in [0.717, 1.165) is 6.07 Å². The molecule has 0 saturated heterocycles. The zero-order chi connectivity index (χ0) is 16.2. The minimum Gasteiger partial charge on any atom is -0.508 e. The minimum atomic E-state index is -1.01. The summed E-state index contributed by atoms with van der Waals surface area (Å²) in [5.41, 5.74) is -0.242. The van der Waals surface area contributed by atoms with Crippen LogP contribution in [0.1, 0.15) is 44.0 Å². The maximum absolute atomic E-state index is 12.1. The van der Waals surface area contributed by atoms with Crippen molar-refractivity contribution in [1.29, 1.82) is 0 Å². The van der Waals surface area contributed by atoms with Crippen LogP contribution in [0.15, 0.2) is 18.2 Å². The number of hydrogen-bond acceptors (Lipinski definition) is 4. The van der Waals surface area contributed by atoms with Gasteiger partial charge >= 0.3 is 5.97 Å². The highest BCUT2D eigenvalue weighted by Crippen LogP contribution is 2.25. The number of phenolic OH excluding ortho intramolecular Hbond substituents is 2. The van der Waals surface area contributed by atoms with Gasteiger partial charge < -0.3 is 20.6 Å². The Morgan fingerprint density at radius 3 is 2.38 bits per heavy atom. The molecule has 1 aromatic rings. The second kappa shape index (κ2) is 6.47. The van der Waals surface area contributed by atoms with Crippen molar-refractivity contribution in [3.63, 3.8) is 0 Å². The number of phenols is 2. The molecule has 0 aliphatic rings. The van der Waals surface area contributed by atoms with Gasteiger partial charge in [0, 0.05) is 6.04 Å². The second-order valence-corrected chi connectivity index (χ2v) is 6.23. The lowest BCUT2D eigenvalue weighted by molar-refractivity contribution is -0.137. The van der Waals surface area contributed by atoms with Crippen molar-refractivity contribution < 1.29 is 24.9 Å². The number of carboxylic acids is 1. The van der Waals surface area contributed by atoms with Gasteiger partial charge in [0.05, 0.1) is 12.0 Å². The van der Waals surface area contributed by atoms with Gasteiger partial charge in [-0.05, 0) is 30.0 Å². The van der Waals surface area contributed by atoms with Crippen molar-refractivity contribution in [2.24, 2.45) is 5.41 Å². The van der Waals surface area contributed by atoms with Crippen LogP contribution in [0.3, 0.4) is 0 Å². The quantitative estimate of drug-likeness (QED) is 0.622. The topological polar surface area (TPSA) is 107 Å². The van der Waals surface area contributed by atoms with E-state index in [9.17, 15) is 19.8 Å². The molecule has 0 aliphatic carbocycles. The van der Waals surface area contributed by atoms with E-state index in [4.69, 9.17) is 5.11 Å². The zero-order valence-electron chi connectivity index (χ0n) is 12.4. The van der Waals surface area contributed by atoms with E-state index in [-0.39, 0.29) is 28.9 Å². The van der Waals surface area contributed by atoms with Crippen molar-refractivity contribution in [2.45, 2.75) is 39.7 Å².